The van der Waals surface area contributed by atoms with Gasteiger partial charge in [-0.05, 0) is 44.2 Å². The SMILES string of the molecule is CC(C)n1ncc2cc(C(=O)OCC(=O)NC(=O)c3ccc(OC(F)F)cc3)cnc21. The molecule has 0 aliphatic rings. The molecular weight excluding hydrogens is 414 g/mol. The summed E-state index contributed by atoms with van der Waals surface area (Å²) in [5.74, 6) is -2.55. The molecule has 0 saturated carbocycles. The molecule has 162 valence electrons. The van der Waals surface area contributed by atoms with Gasteiger partial charge in [-0.3, -0.25) is 14.9 Å². The minimum absolute atomic E-state index is 0.0399. The zero-order chi connectivity index (χ0) is 22.5. The van der Waals surface area contributed by atoms with Crippen LogP contribution in [-0.2, 0) is 9.53 Å². The van der Waals surface area contributed by atoms with Crippen molar-refractivity contribution in [3.8, 4) is 5.75 Å². The number of benzene rings is 1. The minimum Gasteiger partial charge on any atom is -0.452 e. The Labute approximate surface area is 175 Å². The number of aromatic nitrogens is 3. The Bertz CT molecular complexity index is 1110. The van der Waals surface area contributed by atoms with Crippen LogP contribution in [0.25, 0.3) is 11.0 Å². The van der Waals surface area contributed by atoms with Gasteiger partial charge in [-0.15, -0.1) is 0 Å². The number of imide groups is 1. The number of carbonyl (C=O) groups is 3. The summed E-state index contributed by atoms with van der Waals surface area (Å²) in [6, 6.07) is 6.39. The first-order valence-corrected chi connectivity index (χ1v) is 9.14. The largest absolute Gasteiger partial charge is 0.452 e. The molecular formula is C20H18F2N4O5. The molecule has 0 saturated heterocycles. The summed E-state index contributed by atoms with van der Waals surface area (Å²) in [7, 11) is 0. The van der Waals surface area contributed by atoms with Crippen LogP contribution in [0.4, 0.5) is 8.78 Å². The Morgan fingerprint density at radius 2 is 1.81 bits per heavy atom. The molecule has 9 nitrogen and oxygen atoms in total. The maximum Gasteiger partial charge on any atom is 0.387 e. The molecule has 3 rings (SSSR count). The Morgan fingerprint density at radius 1 is 1.10 bits per heavy atom. The van der Waals surface area contributed by atoms with Gasteiger partial charge in [-0.25, -0.2) is 14.5 Å². The Balaban J connectivity index is 1.54. The van der Waals surface area contributed by atoms with E-state index in [0.29, 0.717) is 11.0 Å². The number of pyridine rings is 1. The number of halogens is 2. The highest BCUT2D eigenvalue weighted by molar-refractivity contribution is 6.05. The first kappa shape index (κ1) is 21.8. The molecule has 31 heavy (non-hydrogen) atoms. The predicted molar refractivity (Wildman–Crippen MR) is 104 cm³/mol. The van der Waals surface area contributed by atoms with Crippen molar-refractivity contribution >= 4 is 28.8 Å². The van der Waals surface area contributed by atoms with E-state index in [4.69, 9.17) is 4.74 Å². The fraction of sp³-hybridized carbons (Fsp3) is 0.250. The number of nitrogens with one attached hydrogen (secondary N) is 1. The van der Waals surface area contributed by atoms with Crippen LogP contribution in [0.2, 0.25) is 0 Å². The third kappa shape index (κ3) is 5.38. The number of esters is 1. The number of carbonyl (C=O) groups excluding carboxylic acids is 3. The molecule has 2 amide bonds. The van der Waals surface area contributed by atoms with Gasteiger partial charge in [0.2, 0.25) is 0 Å². The molecule has 1 aromatic carbocycles. The fourth-order valence-electron chi connectivity index (χ4n) is 2.67. The summed E-state index contributed by atoms with van der Waals surface area (Å²) in [6.45, 7) is 0.211. The van der Waals surface area contributed by atoms with E-state index in [1.54, 1.807) is 16.9 Å². The number of nitrogens with zero attached hydrogens (tertiary/aromatic N) is 3. The van der Waals surface area contributed by atoms with Gasteiger partial charge in [0, 0.05) is 23.2 Å². The number of ether oxygens (including phenoxy) is 2. The quantitative estimate of drug-likeness (QED) is 0.571. The highest BCUT2D eigenvalue weighted by atomic mass is 19.3. The van der Waals surface area contributed by atoms with Gasteiger partial charge in [0.25, 0.3) is 11.8 Å². The summed E-state index contributed by atoms with van der Waals surface area (Å²) < 4.78 is 35.1. The summed E-state index contributed by atoms with van der Waals surface area (Å²) in [5, 5.41) is 6.88. The molecule has 0 atom stereocenters. The molecule has 0 aliphatic heterocycles. The maximum atomic E-state index is 12.2. The third-order valence-corrected chi connectivity index (χ3v) is 4.09. The summed E-state index contributed by atoms with van der Waals surface area (Å²) in [5.41, 5.74) is 0.780. The van der Waals surface area contributed by atoms with E-state index in [0.717, 1.165) is 12.1 Å². The van der Waals surface area contributed by atoms with Crippen LogP contribution in [0.5, 0.6) is 5.75 Å². The molecule has 0 radical (unpaired) electrons. The lowest BCUT2D eigenvalue weighted by molar-refractivity contribution is -0.123. The minimum atomic E-state index is -2.99. The van der Waals surface area contributed by atoms with Crippen molar-refractivity contribution in [3.05, 3.63) is 53.9 Å². The van der Waals surface area contributed by atoms with Crippen molar-refractivity contribution in [2.24, 2.45) is 0 Å². The number of alkyl halides is 2. The average Bonchev–Trinajstić information content (AvgIpc) is 3.15. The zero-order valence-electron chi connectivity index (χ0n) is 16.5. The van der Waals surface area contributed by atoms with Gasteiger partial charge < -0.3 is 9.47 Å². The van der Waals surface area contributed by atoms with Gasteiger partial charge in [-0.1, -0.05) is 0 Å². The smallest absolute Gasteiger partial charge is 0.387 e. The van der Waals surface area contributed by atoms with Crippen molar-refractivity contribution in [2.45, 2.75) is 26.5 Å². The van der Waals surface area contributed by atoms with Crippen LogP contribution >= 0.6 is 0 Å². The number of amides is 2. The van der Waals surface area contributed by atoms with Gasteiger partial charge in [0.05, 0.1) is 11.8 Å². The van der Waals surface area contributed by atoms with Crippen LogP contribution in [0.15, 0.2) is 42.7 Å². The normalized spacial score (nSPS) is 11.0. The lowest BCUT2D eigenvalue weighted by atomic mass is 10.2. The standard InChI is InChI=1S/C20H18F2N4O5/c1-11(2)26-17-13(9-24-26)7-14(8-23-17)19(29)30-10-16(27)25-18(28)12-3-5-15(6-4-12)31-20(21)22/h3-9,11,20H,10H2,1-2H3,(H,25,27,28). The molecule has 11 heteroatoms. The fourth-order valence-corrected chi connectivity index (χ4v) is 2.67. The zero-order valence-corrected chi connectivity index (χ0v) is 16.5. The molecule has 2 aromatic heterocycles. The van der Waals surface area contributed by atoms with E-state index < -0.39 is 31.0 Å². The van der Waals surface area contributed by atoms with E-state index in [9.17, 15) is 23.2 Å². The summed E-state index contributed by atoms with van der Waals surface area (Å²) in [4.78, 5) is 40.3. The molecule has 0 aliphatic carbocycles. The Hall–Kier alpha value is -3.89. The van der Waals surface area contributed by atoms with Crippen molar-refractivity contribution in [2.75, 3.05) is 6.61 Å². The molecule has 2 heterocycles. The third-order valence-electron chi connectivity index (χ3n) is 4.09. The van der Waals surface area contributed by atoms with Crippen LogP contribution < -0.4 is 10.1 Å². The number of rotatable bonds is 7. The van der Waals surface area contributed by atoms with E-state index in [1.165, 1.54) is 18.3 Å². The van der Waals surface area contributed by atoms with Gasteiger partial charge >= 0.3 is 12.6 Å². The Kier molecular flexibility index (Phi) is 6.53. The number of hydrogen-bond acceptors (Lipinski definition) is 7. The van der Waals surface area contributed by atoms with Crippen LogP contribution in [0, 0.1) is 0 Å². The second-order valence-corrected chi connectivity index (χ2v) is 6.68. The van der Waals surface area contributed by atoms with Crippen LogP contribution in [0.1, 0.15) is 40.6 Å². The molecule has 0 spiro atoms. The topological polar surface area (TPSA) is 112 Å². The lowest BCUT2D eigenvalue weighted by Gasteiger charge is -2.08. The first-order valence-electron chi connectivity index (χ1n) is 9.14. The van der Waals surface area contributed by atoms with Gasteiger partial charge in [-0.2, -0.15) is 13.9 Å². The van der Waals surface area contributed by atoms with Crippen molar-refractivity contribution in [1.29, 1.82) is 0 Å². The van der Waals surface area contributed by atoms with Crippen LogP contribution in [0.3, 0.4) is 0 Å². The molecule has 0 bridgehead atoms. The Morgan fingerprint density at radius 3 is 2.45 bits per heavy atom. The average molecular weight is 432 g/mol. The van der Waals surface area contributed by atoms with Crippen molar-refractivity contribution in [1.82, 2.24) is 20.1 Å². The molecule has 0 unspecified atom stereocenters. The second kappa shape index (κ2) is 9.28. The number of hydrogen-bond donors (Lipinski definition) is 1. The molecule has 1 N–H and O–H groups in total. The van der Waals surface area contributed by atoms with E-state index in [1.807, 2.05) is 19.2 Å². The first-order chi connectivity index (χ1) is 14.7. The van der Waals surface area contributed by atoms with Crippen molar-refractivity contribution < 1.29 is 32.6 Å². The maximum absolute atomic E-state index is 12.2. The van der Waals surface area contributed by atoms with Crippen LogP contribution in [-0.4, -0.2) is 45.8 Å². The monoisotopic (exact) mass is 432 g/mol. The second-order valence-electron chi connectivity index (χ2n) is 6.68. The van der Waals surface area contributed by atoms with E-state index in [2.05, 4.69) is 14.8 Å². The highest BCUT2D eigenvalue weighted by Gasteiger charge is 2.16. The highest BCUT2D eigenvalue weighted by Crippen LogP contribution is 2.17. The van der Waals surface area contributed by atoms with E-state index in [-0.39, 0.29) is 22.9 Å². The van der Waals surface area contributed by atoms with Gasteiger partial charge in [0.15, 0.2) is 12.3 Å². The predicted octanol–water partition coefficient (Wildman–Crippen LogP) is 2.73. The molecule has 0 fully saturated rings. The summed E-state index contributed by atoms with van der Waals surface area (Å²) in [6.07, 6.45) is 2.89. The van der Waals surface area contributed by atoms with Crippen molar-refractivity contribution in [3.63, 3.8) is 0 Å². The van der Waals surface area contributed by atoms with Gasteiger partial charge in [0.1, 0.15) is 5.75 Å². The summed E-state index contributed by atoms with van der Waals surface area (Å²) >= 11 is 0. The lowest BCUT2D eigenvalue weighted by Crippen LogP contribution is -2.34. The molecule has 3 aromatic rings. The number of fused-ring (bicyclic) bond motifs is 1. The van der Waals surface area contributed by atoms with E-state index >= 15 is 0 Å².